The number of ether oxygens (including phenoxy) is 1. The molecule has 2 saturated heterocycles. The quantitative estimate of drug-likeness (QED) is 0.802. The summed E-state index contributed by atoms with van der Waals surface area (Å²) in [4.78, 5) is 31.1. The fourth-order valence-electron chi connectivity index (χ4n) is 3.55. The van der Waals surface area contributed by atoms with E-state index < -0.39 is 5.60 Å². The Bertz CT molecular complexity index is 789. The highest BCUT2D eigenvalue weighted by Gasteiger charge is 2.46. The molecular formula is C17H19N3O3. The number of aryl methyl sites for hydroxylation is 1. The monoisotopic (exact) mass is 313 g/mol. The van der Waals surface area contributed by atoms with Gasteiger partial charge in [-0.15, -0.1) is 0 Å². The number of piperidine rings is 1. The van der Waals surface area contributed by atoms with Crippen LogP contribution in [-0.4, -0.2) is 51.3 Å². The Kier molecular flexibility index (Phi) is 3.23. The summed E-state index contributed by atoms with van der Waals surface area (Å²) in [5, 5.41) is 0. The van der Waals surface area contributed by atoms with Crippen LogP contribution < -0.4 is 0 Å². The van der Waals surface area contributed by atoms with Gasteiger partial charge in [-0.1, -0.05) is 6.07 Å². The van der Waals surface area contributed by atoms with Gasteiger partial charge in [-0.05, 0) is 31.9 Å². The van der Waals surface area contributed by atoms with Gasteiger partial charge >= 0.3 is 0 Å². The summed E-state index contributed by atoms with van der Waals surface area (Å²) in [5.41, 5.74) is 1.51. The van der Waals surface area contributed by atoms with Crippen molar-refractivity contribution in [3.05, 3.63) is 35.8 Å². The summed E-state index contributed by atoms with van der Waals surface area (Å²) in [6, 6.07) is 5.75. The first-order valence-electron chi connectivity index (χ1n) is 8.00. The van der Waals surface area contributed by atoms with E-state index in [4.69, 9.17) is 4.74 Å². The Morgan fingerprint density at radius 3 is 2.91 bits per heavy atom. The van der Waals surface area contributed by atoms with Gasteiger partial charge in [0, 0.05) is 31.5 Å². The number of pyridine rings is 1. The van der Waals surface area contributed by atoms with Crippen molar-refractivity contribution in [2.45, 2.75) is 31.8 Å². The minimum absolute atomic E-state index is 0.0227. The SMILES string of the molecule is Cc1cccc2nc(C(=O)N3CC[C@]4(CCCO4)C(=O)C3)cn12. The van der Waals surface area contributed by atoms with Crippen molar-refractivity contribution in [2.24, 2.45) is 0 Å². The van der Waals surface area contributed by atoms with Crippen LogP contribution in [0.1, 0.15) is 35.4 Å². The molecule has 0 radical (unpaired) electrons. The van der Waals surface area contributed by atoms with Gasteiger partial charge in [-0.25, -0.2) is 4.98 Å². The van der Waals surface area contributed by atoms with Crippen LogP contribution in [0, 0.1) is 6.92 Å². The van der Waals surface area contributed by atoms with Gasteiger partial charge in [0.15, 0.2) is 5.78 Å². The van der Waals surface area contributed by atoms with E-state index in [-0.39, 0.29) is 18.2 Å². The second kappa shape index (κ2) is 5.16. The fourth-order valence-corrected chi connectivity index (χ4v) is 3.55. The molecule has 2 fully saturated rings. The number of carbonyl (C=O) groups is 2. The molecule has 0 aliphatic carbocycles. The van der Waals surface area contributed by atoms with Crippen molar-refractivity contribution >= 4 is 17.3 Å². The molecule has 1 atom stereocenters. The normalized spacial score (nSPS) is 24.7. The average Bonchev–Trinajstić information content (AvgIpc) is 3.18. The first-order valence-corrected chi connectivity index (χ1v) is 8.00. The second-order valence-electron chi connectivity index (χ2n) is 6.37. The molecule has 120 valence electrons. The van der Waals surface area contributed by atoms with Gasteiger partial charge in [0.1, 0.15) is 16.9 Å². The third kappa shape index (κ3) is 2.25. The molecule has 6 nitrogen and oxygen atoms in total. The number of carbonyl (C=O) groups excluding carboxylic acids is 2. The third-order valence-corrected chi connectivity index (χ3v) is 4.93. The number of aromatic nitrogens is 2. The molecule has 2 aromatic rings. The summed E-state index contributed by atoms with van der Waals surface area (Å²) in [7, 11) is 0. The molecule has 23 heavy (non-hydrogen) atoms. The molecule has 0 saturated carbocycles. The minimum Gasteiger partial charge on any atom is -0.367 e. The maximum atomic E-state index is 12.7. The summed E-state index contributed by atoms with van der Waals surface area (Å²) in [6.45, 7) is 3.27. The van der Waals surface area contributed by atoms with E-state index in [9.17, 15) is 9.59 Å². The van der Waals surface area contributed by atoms with Gasteiger partial charge in [0.25, 0.3) is 5.91 Å². The smallest absolute Gasteiger partial charge is 0.274 e. The van der Waals surface area contributed by atoms with E-state index in [0.717, 1.165) is 24.2 Å². The predicted octanol–water partition coefficient (Wildman–Crippen LogP) is 1.61. The van der Waals surface area contributed by atoms with Crippen LogP contribution >= 0.6 is 0 Å². The molecule has 4 heterocycles. The van der Waals surface area contributed by atoms with Gasteiger partial charge in [-0.3, -0.25) is 9.59 Å². The van der Waals surface area contributed by atoms with E-state index in [1.165, 1.54) is 0 Å². The molecule has 0 N–H and O–H groups in total. The molecule has 1 amide bonds. The number of Topliss-reactive ketones (excluding diaryl/α,β-unsaturated/α-hetero) is 1. The zero-order valence-electron chi connectivity index (χ0n) is 13.1. The fraction of sp³-hybridized carbons (Fsp3) is 0.471. The van der Waals surface area contributed by atoms with Gasteiger partial charge in [-0.2, -0.15) is 0 Å². The number of hydrogen-bond acceptors (Lipinski definition) is 4. The van der Waals surface area contributed by atoms with Crippen LogP contribution in [0.15, 0.2) is 24.4 Å². The van der Waals surface area contributed by atoms with Gasteiger partial charge in [0.05, 0.1) is 6.54 Å². The predicted molar refractivity (Wildman–Crippen MR) is 83.4 cm³/mol. The molecule has 6 heteroatoms. The van der Waals surface area contributed by atoms with Crippen molar-refractivity contribution in [3.8, 4) is 0 Å². The Balaban J connectivity index is 1.57. The Morgan fingerprint density at radius 2 is 2.22 bits per heavy atom. The molecule has 0 unspecified atom stereocenters. The highest BCUT2D eigenvalue weighted by Crippen LogP contribution is 2.33. The number of hydrogen-bond donors (Lipinski definition) is 0. The summed E-state index contributed by atoms with van der Waals surface area (Å²) in [6.07, 6.45) is 4.03. The number of nitrogens with zero attached hydrogens (tertiary/aromatic N) is 3. The summed E-state index contributed by atoms with van der Waals surface area (Å²) < 4.78 is 7.57. The zero-order chi connectivity index (χ0) is 16.0. The van der Waals surface area contributed by atoms with Crippen molar-refractivity contribution in [3.63, 3.8) is 0 Å². The Hall–Kier alpha value is -2.21. The zero-order valence-corrected chi connectivity index (χ0v) is 13.1. The number of amides is 1. The van der Waals surface area contributed by atoms with Crippen LogP contribution in [0.25, 0.3) is 5.65 Å². The van der Waals surface area contributed by atoms with Crippen LogP contribution in [-0.2, 0) is 9.53 Å². The van der Waals surface area contributed by atoms with Gasteiger partial charge < -0.3 is 14.0 Å². The van der Waals surface area contributed by atoms with Crippen LogP contribution in [0.2, 0.25) is 0 Å². The number of rotatable bonds is 1. The van der Waals surface area contributed by atoms with Crippen molar-refractivity contribution in [2.75, 3.05) is 19.7 Å². The lowest BCUT2D eigenvalue weighted by atomic mass is 9.87. The van der Waals surface area contributed by atoms with Crippen LogP contribution in [0.5, 0.6) is 0 Å². The second-order valence-corrected chi connectivity index (χ2v) is 6.37. The molecule has 0 aromatic carbocycles. The van der Waals surface area contributed by atoms with E-state index >= 15 is 0 Å². The van der Waals surface area contributed by atoms with E-state index in [0.29, 0.717) is 25.3 Å². The molecule has 4 rings (SSSR count). The van der Waals surface area contributed by atoms with Gasteiger partial charge in [0.2, 0.25) is 0 Å². The lowest BCUT2D eigenvalue weighted by Gasteiger charge is -2.36. The number of ketones is 1. The Labute approximate surface area is 134 Å². The average molecular weight is 313 g/mol. The molecule has 2 aromatic heterocycles. The first kappa shape index (κ1) is 14.4. The maximum absolute atomic E-state index is 12.7. The van der Waals surface area contributed by atoms with Crippen molar-refractivity contribution in [1.82, 2.24) is 14.3 Å². The number of imidazole rings is 1. The molecule has 1 spiro atoms. The third-order valence-electron chi connectivity index (χ3n) is 4.93. The molecular weight excluding hydrogens is 294 g/mol. The number of fused-ring (bicyclic) bond motifs is 1. The molecule has 2 aliphatic rings. The van der Waals surface area contributed by atoms with Crippen molar-refractivity contribution < 1.29 is 14.3 Å². The lowest BCUT2D eigenvalue weighted by molar-refractivity contribution is -0.144. The largest absolute Gasteiger partial charge is 0.367 e. The topological polar surface area (TPSA) is 63.9 Å². The standard InChI is InChI=1S/C17H19N3O3/c1-12-4-2-5-15-18-13(10-20(12)15)16(22)19-8-7-17(14(21)11-19)6-3-9-23-17/h2,4-5,10H,3,6-9,11H2,1H3/t17-/m1/s1. The lowest BCUT2D eigenvalue weighted by Crippen LogP contribution is -2.53. The summed E-state index contributed by atoms with van der Waals surface area (Å²) in [5.74, 6) is -0.163. The Morgan fingerprint density at radius 1 is 1.35 bits per heavy atom. The first-order chi connectivity index (χ1) is 11.1. The summed E-state index contributed by atoms with van der Waals surface area (Å²) >= 11 is 0. The minimum atomic E-state index is -0.633. The van der Waals surface area contributed by atoms with Crippen LogP contribution in [0.3, 0.4) is 0 Å². The van der Waals surface area contributed by atoms with Crippen molar-refractivity contribution in [1.29, 1.82) is 0 Å². The number of likely N-dealkylation sites (tertiary alicyclic amines) is 1. The highest BCUT2D eigenvalue weighted by molar-refractivity contribution is 5.98. The van der Waals surface area contributed by atoms with E-state index in [2.05, 4.69) is 4.98 Å². The molecule has 0 bridgehead atoms. The molecule has 2 aliphatic heterocycles. The van der Waals surface area contributed by atoms with E-state index in [1.807, 2.05) is 29.5 Å². The maximum Gasteiger partial charge on any atom is 0.274 e. The van der Waals surface area contributed by atoms with Crippen LogP contribution in [0.4, 0.5) is 0 Å². The highest BCUT2D eigenvalue weighted by atomic mass is 16.5. The van der Waals surface area contributed by atoms with E-state index in [1.54, 1.807) is 11.1 Å².